The van der Waals surface area contributed by atoms with E-state index >= 15 is 0 Å². The average Bonchev–Trinajstić information content (AvgIpc) is 2.86. The largest absolute Gasteiger partial charge is 0.335 e. The van der Waals surface area contributed by atoms with Crippen molar-refractivity contribution in [2.45, 2.75) is 39.7 Å². The Morgan fingerprint density at radius 3 is 2.88 bits per heavy atom. The van der Waals surface area contributed by atoms with Gasteiger partial charge in [0.05, 0.1) is 11.2 Å². The fraction of sp³-hybridized carbons (Fsp3) is 0.500. The van der Waals surface area contributed by atoms with Gasteiger partial charge in [0.15, 0.2) is 0 Å². The van der Waals surface area contributed by atoms with E-state index in [9.17, 15) is 0 Å². The van der Waals surface area contributed by atoms with E-state index in [1.807, 2.05) is 11.7 Å². The van der Waals surface area contributed by atoms with Crippen molar-refractivity contribution in [2.75, 3.05) is 0 Å². The van der Waals surface area contributed by atoms with E-state index < -0.39 is 0 Å². The molecular weight excluding hydrogens is 218 g/mol. The molecule has 2 aromatic heterocycles. The lowest BCUT2D eigenvalue weighted by Gasteiger charge is -2.06. The molecule has 0 unspecified atom stereocenters. The summed E-state index contributed by atoms with van der Waals surface area (Å²) >= 11 is 1.75. The standard InChI is InChI=1S/C12H17N3S/c1-3-4-12-13-6-8-15(12)7-5-11-10(2)14-9-16-11/h6,8-9H,3-5,7H2,1-2H3. The van der Waals surface area contributed by atoms with Crippen LogP contribution >= 0.6 is 11.3 Å². The van der Waals surface area contributed by atoms with Gasteiger partial charge in [-0.25, -0.2) is 9.97 Å². The first-order valence-electron chi connectivity index (χ1n) is 5.70. The zero-order chi connectivity index (χ0) is 11.4. The van der Waals surface area contributed by atoms with Crippen LogP contribution in [-0.2, 0) is 19.4 Å². The Bertz CT molecular complexity index is 445. The van der Waals surface area contributed by atoms with Gasteiger partial charge in [-0.15, -0.1) is 11.3 Å². The predicted molar refractivity (Wildman–Crippen MR) is 66.8 cm³/mol. The highest BCUT2D eigenvalue weighted by molar-refractivity contribution is 7.09. The van der Waals surface area contributed by atoms with E-state index in [4.69, 9.17) is 0 Å². The van der Waals surface area contributed by atoms with Gasteiger partial charge in [0.1, 0.15) is 5.82 Å². The number of hydrogen-bond acceptors (Lipinski definition) is 3. The zero-order valence-electron chi connectivity index (χ0n) is 9.81. The van der Waals surface area contributed by atoms with Gasteiger partial charge in [-0.1, -0.05) is 6.92 Å². The molecule has 0 saturated heterocycles. The summed E-state index contributed by atoms with van der Waals surface area (Å²) in [6.07, 6.45) is 7.24. The first-order valence-corrected chi connectivity index (χ1v) is 6.58. The zero-order valence-corrected chi connectivity index (χ0v) is 10.6. The predicted octanol–water partition coefficient (Wildman–Crippen LogP) is 2.84. The second-order valence-electron chi connectivity index (χ2n) is 3.90. The Morgan fingerprint density at radius 2 is 2.19 bits per heavy atom. The molecule has 0 bridgehead atoms. The van der Waals surface area contributed by atoms with Crippen LogP contribution < -0.4 is 0 Å². The number of aromatic nitrogens is 3. The number of imidazole rings is 1. The molecule has 3 nitrogen and oxygen atoms in total. The van der Waals surface area contributed by atoms with Gasteiger partial charge in [0, 0.05) is 36.7 Å². The molecule has 0 radical (unpaired) electrons. The minimum atomic E-state index is 1.01. The molecule has 0 amide bonds. The molecule has 16 heavy (non-hydrogen) atoms. The third-order valence-corrected chi connectivity index (χ3v) is 3.69. The summed E-state index contributed by atoms with van der Waals surface area (Å²) in [6.45, 7) is 5.28. The monoisotopic (exact) mass is 235 g/mol. The number of nitrogens with zero attached hydrogens (tertiary/aromatic N) is 3. The second-order valence-corrected chi connectivity index (χ2v) is 4.84. The van der Waals surface area contributed by atoms with Crippen LogP contribution in [0.3, 0.4) is 0 Å². The van der Waals surface area contributed by atoms with Crippen LogP contribution in [0.2, 0.25) is 0 Å². The van der Waals surface area contributed by atoms with Crippen LogP contribution in [0.15, 0.2) is 17.9 Å². The van der Waals surface area contributed by atoms with Gasteiger partial charge in [-0.3, -0.25) is 0 Å². The van der Waals surface area contributed by atoms with Gasteiger partial charge in [0.25, 0.3) is 0 Å². The van der Waals surface area contributed by atoms with Gasteiger partial charge in [0.2, 0.25) is 0 Å². The van der Waals surface area contributed by atoms with Crippen molar-refractivity contribution >= 4 is 11.3 Å². The van der Waals surface area contributed by atoms with Crippen molar-refractivity contribution in [2.24, 2.45) is 0 Å². The lowest BCUT2D eigenvalue weighted by molar-refractivity contribution is 0.644. The molecule has 0 aliphatic rings. The number of aryl methyl sites for hydroxylation is 4. The van der Waals surface area contributed by atoms with Gasteiger partial charge < -0.3 is 4.57 Å². The molecule has 2 aromatic rings. The van der Waals surface area contributed by atoms with Crippen molar-refractivity contribution in [1.29, 1.82) is 0 Å². The first-order chi connectivity index (χ1) is 7.81. The summed E-state index contributed by atoms with van der Waals surface area (Å²) in [5.41, 5.74) is 3.09. The molecule has 2 rings (SSSR count). The number of hydrogen-bond donors (Lipinski definition) is 0. The maximum atomic E-state index is 4.38. The highest BCUT2D eigenvalue weighted by atomic mass is 32.1. The summed E-state index contributed by atoms with van der Waals surface area (Å²) in [4.78, 5) is 10.0. The maximum Gasteiger partial charge on any atom is 0.108 e. The average molecular weight is 235 g/mol. The molecule has 0 aliphatic heterocycles. The van der Waals surface area contributed by atoms with E-state index in [1.165, 1.54) is 16.4 Å². The van der Waals surface area contributed by atoms with Crippen LogP contribution in [0.25, 0.3) is 0 Å². The first kappa shape index (κ1) is 11.3. The SMILES string of the molecule is CCCc1nccn1CCc1scnc1C. The Kier molecular flexibility index (Phi) is 3.72. The Hall–Kier alpha value is -1.16. The third-order valence-electron chi connectivity index (χ3n) is 2.70. The molecule has 86 valence electrons. The van der Waals surface area contributed by atoms with Crippen molar-refractivity contribution in [1.82, 2.24) is 14.5 Å². The molecule has 0 aliphatic carbocycles. The topological polar surface area (TPSA) is 30.7 Å². The molecule has 0 fully saturated rings. The fourth-order valence-electron chi connectivity index (χ4n) is 1.78. The van der Waals surface area contributed by atoms with E-state index in [1.54, 1.807) is 11.3 Å². The van der Waals surface area contributed by atoms with Crippen molar-refractivity contribution in [3.05, 3.63) is 34.3 Å². The van der Waals surface area contributed by atoms with Crippen molar-refractivity contribution < 1.29 is 0 Å². The quantitative estimate of drug-likeness (QED) is 0.798. The van der Waals surface area contributed by atoms with Crippen molar-refractivity contribution in [3.63, 3.8) is 0 Å². The molecule has 0 spiro atoms. The molecule has 0 atom stereocenters. The lowest BCUT2D eigenvalue weighted by Crippen LogP contribution is -2.05. The fourth-order valence-corrected chi connectivity index (χ4v) is 2.55. The minimum absolute atomic E-state index is 1.01. The number of thiazole rings is 1. The van der Waals surface area contributed by atoms with Gasteiger partial charge >= 0.3 is 0 Å². The normalized spacial score (nSPS) is 10.9. The van der Waals surface area contributed by atoms with Gasteiger partial charge in [-0.05, 0) is 13.3 Å². The van der Waals surface area contributed by atoms with Crippen LogP contribution in [0.1, 0.15) is 29.7 Å². The highest BCUT2D eigenvalue weighted by Crippen LogP contribution is 2.14. The molecule has 0 N–H and O–H groups in total. The summed E-state index contributed by atoms with van der Waals surface area (Å²) in [5, 5.41) is 0. The molecule has 0 aromatic carbocycles. The van der Waals surface area contributed by atoms with E-state index in [0.29, 0.717) is 0 Å². The maximum absolute atomic E-state index is 4.38. The Morgan fingerprint density at radius 1 is 1.31 bits per heavy atom. The number of rotatable bonds is 5. The molecule has 4 heteroatoms. The smallest absolute Gasteiger partial charge is 0.108 e. The molecule has 0 saturated carbocycles. The van der Waals surface area contributed by atoms with E-state index in [0.717, 1.165) is 25.8 Å². The molecular formula is C12H17N3S. The van der Waals surface area contributed by atoms with Gasteiger partial charge in [-0.2, -0.15) is 0 Å². The summed E-state index contributed by atoms with van der Waals surface area (Å²) in [6, 6.07) is 0. The third kappa shape index (κ3) is 2.50. The van der Waals surface area contributed by atoms with Crippen LogP contribution in [0.4, 0.5) is 0 Å². The minimum Gasteiger partial charge on any atom is -0.335 e. The van der Waals surface area contributed by atoms with Crippen LogP contribution in [0, 0.1) is 6.92 Å². The van der Waals surface area contributed by atoms with Crippen LogP contribution in [0.5, 0.6) is 0 Å². The summed E-state index contributed by atoms with van der Waals surface area (Å²) in [7, 11) is 0. The Balaban J connectivity index is 1.99. The Labute approximate surface area is 100 Å². The van der Waals surface area contributed by atoms with E-state index in [-0.39, 0.29) is 0 Å². The highest BCUT2D eigenvalue weighted by Gasteiger charge is 2.04. The summed E-state index contributed by atoms with van der Waals surface area (Å²) < 4.78 is 2.25. The molecule has 2 heterocycles. The van der Waals surface area contributed by atoms with Crippen LogP contribution in [-0.4, -0.2) is 14.5 Å². The van der Waals surface area contributed by atoms with Crippen molar-refractivity contribution in [3.8, 4) is 0 Å². The second kappa shape index (κ2) is 5.25. The summed E-state index contributed by atoms with van der Waals surface area (Å²) in [5.74, 6) is 1.20. The lowest BCUT2D eigenvalue weighted by atomic mass is 10.3. The van der Waals surface area contributed by atoms with E-state index in [2.05, 4.69) is 34.6 Å².